The van der Waals surface area contributed by atoms with Crippen molar-refractivity contribution in [3.8, 4) is 11.1 Å². The summed E-state index contributed by atoms with van der Waals surface area (Å²) >= 11 is 0. The molecule has 0 saturated heterocycles. The molecule has 2 heteroatoms. The van der Waals surface area contributed by atoms with Crippen molar-refractivity contribution in [1.29, 1.82) is 0 Å². The van der Waals surface area contributed by atoms with Crippen LogP contribution in [0.15, 0.2) is 59.2 Å². The van der Waals surface area contributed by atoms with Gasteiger partial charge in [0.2, 0.25) is 0 Å². The first-order valence-electron chi connectivity index (χ1n) is 5.17. The molecule has 1 aromatic heterocycles. The maximum absolute atomic E-state index is 5.71. The van der Waals surface area contributed by atoms with E-state index in [1.807, 2.05) is 36.4 Å². The van der Waals surface area contributed by atoms with Gasteiger partial charge in [-0.05, 0) is 17.7 Å². The SMILES string of the molecule is Nc1ccc2c(-c3ccccc3)coc2c1. The number of nitrogen functional groups attached to an aromatic ring is 1. The first kappa shape index (κ1) is 9.04. The summed E-state index contributed by atoms with van der Waals surface area (Å²) in [5.74, 6) is 0. The molecule has 3 aromatic rings. The largest absolute Gasteiger partial charge is 0.464 e. The highest BCUT2D eigenvalue weighted by Crippen LogP contribution is 2.31. The minimum Gasteiger partial charge on any atom is -0.464 e. The van der Waals surface area contributed by atoms with Crippen LogP contribution in [0.4, 0.5) is 5.69 Å². The van der Waals surface area contributed by atoms with Crippen LogP contribution in [0.5, 0.6) is 0 Å². The molecule has 0 amide bonds. The third kappa shape index (κ3) is 1.36. The Balaban J connectivity index is 2.26. The third-order valence-electron chi connectivity index (χ3n) is 2.68. The van der Waals surface area contributed by atoms with Gasteiger partial charge in [-0.1, -0.05) is 30.3 Å². The number of fused-ring (bicyclic) bond motifs is 1. The van der Waals surface area contributed by atoms with Gasteiger partial charge in [-0.3, -0.25) is 0 Å². The van der Waals surface area contributed by atoms with E-state index in [1.165, 1.54) is 0 Å². The number of furan rings is 1. The van der Waals surface area contributed by atoms with E-state index in [-0.39, 0.29) is 0 Å². The van der Waals surface area contributed by atoms with Crippen LogP contribution in [-0.4, -0.2) is 0 Å². The zero-order chi connectivity index (χ0) is 11.0. The molecule has 1 heterocycles. The lowest BCUT2D eigenvalue weighted by molar-refractivity contribution is 0.617. The van der Waals surface area contributed by atoms with Gasteiger partial charge in [0.1, 0.15) is 5.58 Å². The standard InChI is InChI=1S/C14H11NO/c15-11-6-7-12-13(9-16-14(12)8-11)10-4-2-1-3-5-10/h1-9H,15H2. The molecule has 0 bridgehead atoms. The van der Waals surface area contributed by atoms with Gasteiger partial charge in [-0.15, -0.1) is 0 Å². The highest BCUT2D eigenvalue weighted by molar-refractivity contribution is 5.95. The third-order valence-corrected chi connectivity index (χ3v) is 2.68. The van der Waals surface area contributed by atoms with Crippen LogP contribution in [0.25, 0.3) is 22.1 Å². The molecule has 2 aromatic carbocycles. The second-order valence-electron chi connectivity index (χ2n) is 3.77. The van der Waals surface area contributed by atoms with E-state index in [0.29, 0.717) is 0 Å². The first-order valence-corrected chi connectivity index (χ1v) is 5.17. The Bertz CT molecular complexity index is 626. The Hall–Kier alpha value is -2.22. The van der Waals surface area contributed by atoms with Crippen LogP contribution in [0.3, 0.4) is 0 Å². The summed E-state index contributed by atoms with van der Waals surface area (Å²) in [7, 11) is 0. The maximum Gasteiger partial charge on any atom is 0.136 e. The zero-order valence-electron chi connectivity index (χ0n) is 8.68. The predicted molar refractivity (Wildman–Crippen MR) is 66.1 cm³/mol. The second kappa shape index (κ2) is 3.42. The van der Waals surface area contributed by atoms with E-state index in [4.69, 9.17) is 10.2 Å². The van der Waals surface area contributed by atoms with Crippen molar-refractivity contribution >= 4 is 16.7 Å². The molecule has 0 saturated carbocycles. The molecule has 16 heavy (non-hydrogen) atoms. The number of hydrogen-bond donors (Lipinski definition) is 1. The summed E-state index contributed by atoms with van der Waals surface area (Å²) in [6, 6.07) is 15.9. The molecule has 0 fully saturated rings. The lowest BCUT2D eigenvalue weighted by atomic mass is 10.0. The zero-order valence-corrected chi connectivity index (χ0v) is 8.68. The molecule has 2 N–H and O–H groups in total. The van der Waals surface area contributed by atoms with Crippen LogP contribution in [-0.2, 0) is 0 Å². The number of rotatable bonds is 1. The van der Waals surface area contributed by atoms with Crippen LogP contribution in [0.2, 0.25) is 0 Å². The summed E-state index contributed by atoms with van der Waals surface area (Å²) in [6.07, 6.45) is 1.78. The number of nitrogens with two attached hydrogens (primary N) is 1. The Labute approximate surface area is 93.3 Å². The van der Waals surface area contributed by atoms with E-state index in [0.717, 1.165) is 27.8 Å². The van der Waals surface area contributed by atoms with E-state index < -0.39 is 0 Å². The van der Waals surface area contributed by atoms with Crippen molar-refractivity contribution in [3.05, 3.63) is 54.8 Å². The van der Waals surface area contributed by atoms with Crippen molar-refractivity contribution in [2.45, 2.75) is 0 Å². The van der Waals surface area contributed by atoms with E-state index in [2.05, 4.69) is 12.1 Å². The van der Waals surface area contributed by atoms with E-state index in [9.17, 15) is 0 Å². The highest BCUT2D eigenvalue weighted by atomic mass is 16.3. The van der Waals surface area contributed by atoms with Crippen molar-refractivity contribution in [2.24, 2.45) is 0 Å². The van der Waals surface area contributed by atoms with Crippen molar-refractivity contribution in [1.82, 2.24) is 0 Å². The Kier molecular flexibility index (Phi) is 1.93. The predicted octanol–water partition coefficient (Wildman–Crippen LogP) is 3.68. The first-order chi connectivity index (χ1) is 7.84. The molecule has 78 valence electrons. The molecule has 0 aliphatic carbocycles. The summed E-state index contributed by atoms with van der Waals surface area (Å²) in [4.78, 5) is 0. The molecule has 3 rings (SSSR count). The van der Waals surface area contributed by atoms with Gasteiger partial charge in [0.15, 0.2) is 0 Å². The number of anilines is 1. The normalized spacial score (nSPS) is 10.8. The molecule has 0 unspecified atom stereocenters. The monoisotopic (exact) mass is 209 g/mol. The summed E-state index contributed by atoms with van der Waals surface area (Å²) < 4.78 is 5.50. The van der Waals surface area contributed by atoms with Gasteiger partial charge in [0, 0.05) is 22.7 Å². The topological polar surface area (TPSA) is 39.2 Å². The molecule has 0 spiro atoms. The smallest absolute Gasteiger partial charge is 0.136 e. The van der Waals surface area contributed by atoms with Gasteiger partial charge < -0.3 is 10.2 Å². The molecule has 0 aliphatic rings. The second-order valence-corrected chi connectivity index (χ2v) is 3.77. The van der Waals surface area contributed by atoms with Gasteiger partial charge in [-0.2, -0.15) is 0 Å². The lowest BCUT2D eigenvalue weighted by Crippen LogP contribution is -1.82. The van der Waals surface area contributed by atoms with Crippen molar-refractivity contribution in [3.63, 3.8) is 0 Å². The molecule has 0 aliphatic heterocycles. The van der Waals surface area contributed by atoms with Crippen LogP contribution in [0.1, 0.15) is 0 Å². The Morgan fingerprint density at radius 3 is 2.56 bits per heavy atom. The minimum atomic E-state index is 0.724. The van der Waals surface area contributed by atoms with Crippen molar-refractivity contribution < 1.29 is 4.42 Å². The number of benzene rings is 2. The Morgan fingerprint density at radius 1 is 0.938 bits per heavy atom. The maximum atomic E-state index is 5.71. The molecular formula is C14H11NO. The van der Waals surface area contributed by atoms with Crippen LogP contribution in [0, 0.1) is 0 Å². The molecule has 2 nitrogen and oxygen atoms in total. The van der Waals surface area contributed by atoms with Crippen molar-refractivity contribution in [2.75, 3.05) is 5.73 Å². The molecular weight excluding hydrogens is 198 g/mol. The fraction of sp³-hybridized carbons (Fsp3) is 0. The fourth-order valence-corrected chi connectivity index (χ4v) is 1.89. The van der Waals surface area contributed by atoms with E-state index in [1.54, 1.807) is 6.26 Å². The average molecular weight is 209 g/mol. The highest BCUT2D eigenvalue weighted by Gasteiger charge is 2.07. The van der Waals surface area contributed by atoms with E-state index >= 15 is 0 Å². The van der Waals surface area contributed by atoms with Crippen LogP contribution < -0.4 is 5.73 Å². The van der Waals surface area contributed by atoms with Crippen LogP contribution >= 0.6 is 0 Å². The minimum absolute atomic E-state index is 0.724. The Morgan fingerprint density at radius 2 is 1.75 bits per heavy atom. The molecule has 0 radical (unpaired) electrons. The quantitative estimate of drug-likeness (QED) is 0.621. The van der Waals surface area contributed by atoms with Gasteiger partial charge in [0.05, 0.1) is 6.26 Å². The lowest BCUT2D eigenvalue weighted by Gasteiger charge is -1.97. The summed E-state index contributed by atoms with van der Waals surface area (Å²) in [5, 5.41) is 1.10. The number of hydrogen-bond acceptors (Lipinski definition) is 2. The summed E-state index contributed by atoms with van der Waals surface area (Å²) in [5.41, 5.74) is 9.53. The van der Waals surface area contributed by atoms with Gasteiger partial charge >= 0.3 is 0 Å². The average Bonchev–Trinajstić information content (AvgIpc) is 2.73. The summed E-state index contributed by atoms with van der Waals surface area (Å²) in [6.45, 7) is 0. The van der Waals surface area contributed by atoms with Gasteiger partial charge in [-0.25, -0.2) is 0 Å². The fourth-order valence-electron chi connectivity index (χ4n) is 1.89. The van der Waals surface area contributed by atoms with Gasteiger partial charge in [0.25, 0.3) is 0 Å². The molecule has 0 atom stereocenters.